The summed E-state index contributed by atoms with van der Waals surface area (Å²) >= 11 is 1.21. The van der Waals surface area contributed by atoms with Gasteiger partial charge in [-0.15, -0.1) is 11.3 Å². The Bertz CT molecular complexity index is 767. The minimum Gasteiger partial charge on any atom is -0.302 e. The van der Waals surface area contributed by atoms with Crippen LogP contribution < -0.4 is 5.32 Å². The molecule has 0 spiro atoms. The average Bonchev–Trinajstić information content (AvgIpc) is 3.03. The number of anilines is 1. The molecule has 2 aromatic rings. The van der Waals surface area contributed by atoms with Crippen LogP contribution in [0.1, 0.15) is 24.8 Å². The molecule has 0 bridgehead atoms. The van der Waals surface area contributed by atoms with Gasteiger partial charge in [0.2, 0.25) is 5.91 Å². The number of allylic oxidation sites excluding steroid dienone is 2. The van der Waals surface area contributed by atoms with Crippen molar-refractivity contribution < 1.29 is 18.0 Å². The van der Waals surface area contributed by atoms with E-state index in [1.54, 1.807) is 11.4 Å². The maximum absolute atomic E-state index is 12.8. The standard InChI is InChI=1S/C17H15F3N2OS/c18-17(19,20)13-8-4-7-12(9-13)14-10-24-16(21-14)22-15(23)11-5-2-1-3-6-11/h1-2,4,7-11H,3,5-6H2,(H,21,22,23)/t11-/m1/s1. The van der Waals surface area contributed by atoms with Gasteiger partial charge in [0.05, 0.1) is 11.3 Å². The SMILES string of the molecule is O=C(Nc1nc(-c2cccc(C(F)(F)F)c2)cs1)[C@@H]1CC=CCC1. The highest BCUT2D eigenvalue weighted by Gasteiger charge is 2.30. The second kappa shape index (κ2) is 6.76. The van der Waals surface area contributed by atoms with Gasteiger partial charge in [0.15, 0.2) is 5.13 Å². The van der Waals surface area contributed by atoms with Crippen molar-refractivity contribution in [2.45, 2.75) is 25.4 Å². The molecule has 0 saturated carbocycles. The third kappa shape index (κ3) is 3.84. The molecule has 1 amide bonds. The Morgan fingerprint density at radius 1 is 1.29 bits per heavy atom. The first-order valence-corrected chi connectivity index (χ1v) is 8.40. The Hall–Kier alpha value is -2.15. The van der Waals surface area contributed by atoms with Gasteiger partial charge in [-0.1, -0.05) is 24.3 Å². The minimum atomic E-state index is -4.39. The Labute approximate surface area is 141 Å². The molecule has 1 aliphatic carbocycles. The zero-order chi connectivity index (χ0) is 17.2. The van der Waals surface area contributed by atoms with E-state index in [2.05, 4.69) is 16.4 Å². The number of carbonyl (C=O) groups is 1. The summed E-state index contributed by atoms with van der Waals surface area (Å²) in [5.41, 5.74) is 0.0830. The molecule has 1 atom stereocenters. The first-order valence-electron chi connectivity index (χ1n) is 7.52. The molecular weight excluding hydrogens is 337 g/mol. The first kappa shape index (κ1) is 16.7. The highest BCUT2D eigenvalue weighted by atomic mass is 32.1. The second-order valence-electron chi connectivity index (χ2n) is 5.59. The van der Waals surface area contributed by atoms with E-state index in [-0.39, 0.29) is 11.8 Å². The van der Waals surface area contributed by atoms with Crippen LogP contribution in [0.25, 0.3) is 11.3 Å². The number of amides is 1. The van der Waals surface area contributed by atoms with E-state index in [1.165, 1.54) is 17.4 Å². The number of thiazole rings is 1. The number of hydrogen-bond donors (Lipinski definition) is 1. The van der Waals surface area contributed by atoms with Gasteiger partial charge in [-0.25, -0.2) is 4.98 Å². The van der Waals surface area contributed by atoms with Crippen LogP contribution in [0.5, 0.6) is 0 Å². The lowest BCUT2D eigenvalue weighted by molar-refractivity contribution is -0.137. The molecule has 1 N–H and O–H groups in total. The van der Waals surface area contributed by atoms with Crippen LogP contribution in [-0.2, 0) is 11.0 Å². The molecule has 1 aliphatic rings. The van der Waals surface area contributed by atoms with Crippen LogP contribution in [0.4, 0.5) is 18.3 Å². The van der Waals surface area contributed by atoms with Crippen LogP contribution in [0.2, 0.25) is 0 Å². The molecule has 0 fully saturated rings. The summed E-state index contributed by atoms with van der Waals surface area (Å²) in [7, 11) is 0. The predicted octanol–water partition coefficient (Wildman–Crippen LogP) is 5.12. The summed E-state index contributed by atoms with van der Waals surface area (Å²) in [6, 6.07) is 5.01. The molecule has 1 aromatic heterocycles. The number of carbonyl (C=O) groups excluding carboxylic acids is 1. The summed E-state index contributed by atoms with van der Waals surface area (Å²) < 4.78 is 38.4. The zero-order valence-corrected chi connectivity index (χ0v) is 13.5. The van der Waals surface area contributed by atoms with Crippen LogP contribution in [0.15, 0.2) is 41.8 Å². The van der Waals surface area contributed by atoms with Crippen molar-refractivity contribution >= 4 is 22.4 Å². The number of nitrogens with zero attached hydrogens (tertiary/aromatic N) is 1. The monoisotopic (exact) mass is 352 g/mol. The number of benzene rings is 1. The molecule has 3 nitrogen and oxygen atoms in total. The Kier molecular flexibility index (Phi) is 4.71. The number of rotatable bonds is 3. The Balaban J connectivity index is 1.74. The molecule has 0 aliphatic heterocycles. The summed E-state index contributed by atoms with van der Waals surface area (Å²) in [4.78, 5) is 16.4. The van der Waals surface area contributed by atoms with Gasteiger partial charge in [-0.05, 0) is 31.4 Å². The van der Waals surface area contributed by atoms with Crippen molar-refractivity contribution in [2.75, 3.05) is 5.32 Å². The van der Waals surface area contributed by atoms with Crippen molar-refractivity contribution in [1.29, 1.82) is 0 Å². The van der Waals surface area contributed by atoms with Gasteiger partial charge >= 0.3 is 6.18 Å². The van der Waals surface area contributed by atoms with Crippen molar-refractivity contribution in [3.05, 3.63) is 47.4 Å². The van der Waals surface area contributed by atoms with Crippen LogP contribution >= 0.6 is 11.3 Å². The lowest BCUT2D eigenvalue weighted by Crippen LogP contribution is -2.23. The van der Waals surface area contributed by atoms with E-state index < -0.39 is 11.7 Å². The summed E-state index contributed by atoms with van der Waals surface area (Å²) in [6.45, 7) is 0. The fraction of sp³-hybridized carbons (Fsp3) is 0.294. The van der Waals surface area contributed by atoms with Gasteiger partial charge in [0.1, 0.15) is 0 Å². The van der Waals surface area contributed by atoms with Crippen LogP contribution in [-0.4, -0.2) is 10.9 Å². The number of halogens is 3. The Morgan fingerprint density at radius 3 is 2.83 bits per heavy atom. The lowest BCUT2D eigenvalue weighted by Gasteiger charge is -2.15. The van der Waals surface area contributed by atoms with E-state index in [1.807, 2.05) is 6.08 Å². The van der Waals surface area contributed by atoms with Gasteiger partial charge in [0, 0.05) is 16.9 Å². The largest absolute Gasteiger partial charge is 0.416 e. The lowest BCUT2D eigenvalue weighted by atomic mass is 9.94. The molecule has 24 heavy (non-hydrogen) atoms. The molecule has 0 radical (unpaired) electrons. The Morgan fingerprint density at radius 2 is 2.12 bits per heavy atom. The van der Waals surface area contributed by atoms with Crippen molar-refractivity contribution in [1.82, 2.24) is 4.98 Å². The summed E-state index contributed by atoms with van der Waals surface area (Å²) in [6.07, 6.45) is 2.04. The van der Waals surface area contributed by atoms with E-state index in [0.717, 1.165) is 25.0 Å². The normalized spacial score (nSPS) is 17.7. The van der Waals surface area contributed by atoms with Crippen molar-refractivity contribution in [2.24, 2.45) is 5.92 Å². The predicted molar refractivity (Wildman–Crippen MR) is 87.7 cm³/mol. The summed E-state index contributed by atoms with van der Waals surface area (Å²) in [5, 5.41) is 4.81. The maximum Gasteiger partial charge on any atom is 0.416 e. The number of nitrogens with one attached hydrogen (secondary N) is 1. The molecule has 3 rings (SSSR count). The quantitative estimate of drug-likeness (QED) is 0.779. The van der Waals surface area contributed by atoms with E-state index in [0.29, 0.717) is 22.8 Å². The molecule has 7 heteroatoms. The molecule has 0 saturated heterocycles. The van der Waals surface area contributed by atoms with E-state index >= 15 is 0 Å². The number of alkyl halides is 3. The van der Waals surface area contributed by atoms with Crippen LogP contribution in [0, 0.1) is 5.92 Å². The topological polar surface area (TPSA) is 42.0 Å². The van der Waals surface area contributed by atoms with Gasteiger partial charge in [-0.2, -0.15) is 13.2 Å². The van der Waals surface area contributed by atoms with Gasteiger partial charge < -0.3 is 5.32 Å². The van der Waals surface area contributed by atoms with Crippen LogP contribution in [0.3, 0.4) is 0 Å². The first-order chi connectivity index (χ1) is 11.4. The number of aromatic nitrogens is 1. The van der Waals surface area contributed by atoms with E-state index in [4.69, 9.17) is 0 Å². The fourth-order valence-corrected chi connectivity index (χ4v) is 3.28. The molecule has 0 unspecified atom stereocenters. The smallest absolute Gasteiger partial charge is 0.302 e. The van der Waals surface area contributed by atoms with E-state index in [9.17, 15) is 18.0 Å². The summed E-state index contributed by atoms with van der Waals surface area (Å²) in [5.74, 6) is -0.166. The van der Waals surface area contributed by atoms with Gasteiger partial charge in [0.25, 0.3) is 0 Å². The zero-order valence-electron chi connectivity index (χ0n) is 12.6. The highest BCUT2D eigenvalue weighted by Crippen LogP contribution is 2.33. The second-order valence-corrected chi connectivity index (χ2v) is 6.45. The van der Waals surface area contributed by atoms with Gasteiger partial charge in [-0.3, -0.25) is 4.79 Å². The minimum absolute atomic E-state index is 0.0732. The number of hydrogen-bond acceptors (Lipinski definition) is 3. The highest BCUT2D eigenvalue weighted by molar-refractivity contribution is 7.14. The van der Waals surface area contributed by atoms with Crippen molar-refractivity contribution in [3.8, 4) is 11.3 Å². The maximum atomic E-state index is 12.8. The average molecular weight is 352 g/mol. The fourth-order valence-electron chi connectivity index (χ4n) is 2.56. The molecule has 126 valence electrons. The third-order valence-corrected chi connectivity index (χ3v) is 4.62. The van der Waals surface area contributed by atoms with Crippen molar-refractivity contribution in [3.63, 3.8) is 0 Å². The molecule has 1 heterocycles. The molecule has 1 aromatic carbocycles. The third-order valence-electron chi connectivity index (χ3n) is 3.86. The molecular formula is C17H15F3N2OS.